The minimum Gasteiger partial charge on any atom is -0.356 e. The van der Waals surface area contributed by atoms with Crippen LogP contribution in [-0.2, 0) is 4.79 Å². The number of pyridine rings is 1. The third kappa shape index (κ3) is 6.12. The quantitative estimate of drug-likeness (QED) is 0.760. The third-order valence-corrected chi connectivity index (χ3v) is 3.07. The van der Waals surface area contributed by atoms with E-state index in [9.17, 15) is 9.59 Å². The van der Waals surface area contributed by atoms with Crippen LogP contribution in [0.2, 0.25) is 5.15 Å². The van der Waals surface area contributed by atoms with Crippen LogP contribution in [0.1, 0.15) is 55.6 Å². The lowest BCUT2D eigenvalue weighted by molar-refractivity contribution is -0.120. The minimum absolute atomic E-state index is 0.0622. The van der Waals surface area contributed by atoms with Gasteiger partial charge in [-0.1, -0.05) is 32.4 Å². The van der Waals surface area contributed by atoms with Crippen LogP contribution in [0.15, 0.2) is 12.1 Å². The molecule has 2 amide bonds. The van der Waals surface area contributed by atoms with E-state index < -0.39 is 0 Å². The van der Waals surface area contributed by atoms with Gasteiger partial charge in [-0.3, -0.25) is 9.59 Å². The van der Waals surface area contributed by atoms with E-state index in [0.29, 0.717) is 23.8 Å². The van der Waals surface area contributed by atoms with E-state index in [1.807, 2.05) is 20.8 Å². The molecule has 0 aromatic carbocycles. The molecule has 0 atom stereocenters. The lowest BCUT2D eigenvalue weighted by atomic mass is 10.1. The van der Waals surface area contributed by atoms with Gasteiger partial charge in [0, 0.05) is 30.8 Å². The molecule has 0 aliphatic carbocycles. The number of amides is 2. The van der Waals surface area contributed by atoms with Crippen LogP contribution in [0, 0.1) is 0 Å². The fourth-order valence-corrected chi connectivity index (χ4v) is 1.90. The second kappa shape index (κ2) is 8.62. The Kier molecular flexibility index (Phi) is 7.15. The molecule has 5 nitrogen and oxygen atoms in total. The predicted molar refractivity (Wildman–Crippen MR) is 83.6 cm³/mol. The standard InChI is InChI=1S/C15H22ClN3O2/c1-4-6-17-14(20)5-7-18-15(21)11-8-12(10(2)3)19-13(16)9-11/h8-10H,4-7H2,1-3H3,(H,17,20)(H,18,21). The first-order valence-corrected chi connectivity index (χ1v) is 7.54. The summed E-state index contributed by atoms with van der Waals surface area (Å²) in [5, 5.41) is 5.77. The van der Waals surface area contributed by atoms with Gasteiger partial charge in [-0.15, -0.1) is 0 Å². The average molecular weight is 312 g/mol. The van der Waals surface area contributed by atoms with Gasteiger partial charge in [0.05, 0.1) is 0 Å². The first-order valence-electron chi connectivity index (χ1n) is 7.16. The highest BCUT2D eigenvalue weighted by Gasteiger charge is 2.11. The number of rotatable bonds is 7. The first kappa shape index (κ1) is 17.4. The van der Waals surface area contributed by atoms with Gasteiger partial charge in [-0.05, 0) is 24.5 Å². The number of carbonyl (C=O) groups is 2. The van der Waals surface area contributed by atoms with Crippen molar-refractivity contribution in [2.24, 2.45) is 0 Å². The van der Waals surface area contributed by atoms with Crippen LogP contribution in [0.25, 0.3) is 0 Å². The molecular weight excluding hydrogens is 290 g/mol. The fourth-order valence-electron chi connectivity index (χ4n) is 1.69. The molecule has 0 radical (unpaired) electrons. The van der Waals surface area contributed by atoms with E-state index in [-0.39, 0.29) is 24.2 Å². The molecule has 0 fully saturated rings. The molecule has 0 aliphatic rings. The van der Waals surface area contributed by atoms with Crippen LogP contribution in [0.4, 0.5) is 0 Å². The maximum Gasteiger partial charge on any atom is 0.251 e. The molecule has 0 aliphatic heterocycles. The van der Waals surface area contributed by atoms with E-state index in [4.69, 9.17) is 11.6 Å². The lowest BCUT2D eigenvalue weighted by Gasteiger charge is -2.09. The first-order chi connectivity index (χ1) is 9.93. The zero-order valence-electron chi connectivity index (χ0n) is 12.7. The van der Waals surface area contributed by atoms with Crippen molar-refractivity contribution in [2.45, 2.75) is 39.5 Å². The van der Waals surface area contributed by atoms with Gasteiger partial charge in [-0.2, -0.15) is 0 Å². The van der Waals surface area contributed by atoms with Gasteiger partial charge < -0.3 is 10.6 Å². The van der Waals surface area contributed by atoms with Gasteiger partial charge in [0.15, 0.2) is 0 Å². The molecule has 1 aromatic rings. The van der Waals surface area contributed by atoms with E-state index in [2.05, 4.69) is 15.6 Å². The summed E-state index contributed by atoms with van der Waals surface area (Å²) in [7, 11) is 0. The van der Waals surface area contributed by atoms with E-state index in [1.165, 1.54) is 6.07 Å². The van der Waals surface area contributed by atoms with E-state index in [0.717, 1.165) is 12.1 Å². The van der Waals surface area contributed by atoms with Crippen molar-refractivity contribution in [3.63, 3.8) is 0 Å². The third-order valence-electron chi connectivity index (χ3n) is 2.88. The highest BCUT2D eigenvalue weighted by atomic mass is 35.5. The summed E-state index contributed by atoms with van der Waals surface area (Å²) < 4.78 is 0. The molecule has 1 heterocycles. The van der Waals surface area contributed by atoms with Gasteiger partial charge in [0.1, 0.15) is 5.15 Å². The molecule has 0 saturated carbocycles. The number of hydrogen-bond acceptors (Lipinski definition) is 3. The van der Waals surface area contributed by atoms with Crippen molar-refractivity contribution in [3.8, 4) is 0 Å². The van der Waals surface area contributed by atoms with Crippen LogP contribution < -0.4 is 10.6 Å². The highest BCUT2D eigenvalue weighted by molar-refractivity contribution is 6.29. The van der Waals surface area contributed by atoms with Crippen molar-refractivity contribution in [3.05, 3.63) is 28.5 Å². The van der Waals surface area contributed by atoms with Crippen LogP contribution in [0.3, 0.4) is 0 Å². The summed E-state index contributed by atoms with van der Waals surface area (Å²) in [6, 6.07) is 3.25. The van der Waals surface area contributed by atoms with Crippen LogP contribution in [0.5, 0.6) is 0 Å². The Hall–Kier alpha value is -1.62. The normalized spacial score (nSPS) is 10.5. The molecule has 0 saturated heterocycles. The van der Waals surface area contributed by atoms with Gasteiger partial charge >= 0.3 is 0 Å². The number of halogens is 1. The molecule has 21 heavy (non-hydrogen) atoms. The Balaban J connectivity index is 2.54. The number of nitrogens with one attached hydrogen (secondary N) is 2. The molecule has 0 spiro atoms. The molecule has 0 unspecified atom stereocenters. The number of hydrogen-bond donors (Lipinski definition) is 2. The maximum absolute atomic E-state index is 12.0. The fraction of sp³-hybridized carbons (Fsp3) is 0.533. The van der Waals surface area contributed by atoms with Gasteiger partial charge in [0.25, 0.3) is 5.91 Å². The molecule has 0 bridgehead atoms. The van der Waals surface area contributed by atoms with E-state index in [1.54, 1.807) is 6.07 Å². The summed E-state index contributed by atoms with van der Waals surface area (Å²) in [4.78, 5) is 27.6. The maximum atomic E-state index is 12.0. The van der Waals surface area contributed by atoms with E-state index >= 15 is 0 Å². The number of carbonyl (C=O) groups excluding carboxylic acids is 2. The molecule has 116 valence electrons. The molecule has 2 N–H and O–H groups in total. The Morgan fingerprint density at radius 2 is 1.95 bits per heavy atom. The zero-order valence-corrected chi connectivity index (χ0v) is 13.5. The summed E-state index contributed by atoms with van der Waals surface area (Å²) >= 11 is 5.92. The molecular formula is C15H22ClN3O2. The Morgan fingerprint density at radius 1 is 1.24 bits per heavy atom. The van der Waals surface area contributed by atoms with Crippen molar-refractivity contribution in [1.29, 1.82) is 0 Å². The molecule has 6 heteroatoms. The van der Waals surface area contributed by atoms with Crippen LogP contribution >= 0.6 is 11.6 Å². The smallest absolute Gasteiger partial charge is 0.251 e. The van der Waals surface area contributed by atoms with Crippen molar-refractivity contribution >= 4 is 23.4 Å². The number of aromatic nitrogens is 1. The Morgan fingerprint density at radius 3 is 2.57 bits per heavy atom. The second-order valence-corrected chi connectivity index (χ2v) is 5.50. The SMILES string of the molecule is CCCNC(=O)CCNC(=O)c1cc(Cl)nc(C(C)C)c1. The van der Waals surface area contributed by atoms with Gasteiger partial charge in [-0.25, -0.2) is 4.98 Å². The summed E-state index contributed by atoms with van der Waals surface area (Å²) in [6.45, 7) is 6.91. The topological polar surface area (TPSA) is 71.1 Å². The lowest BCUT2D eigenvalue weighted by Crippen LogP contribution is -2.31. The predicted octanol–water partition coefficient (Wildman–Crippen LogP) is 2.50. The Labute approximate surface area is 130 Å². The molecule has 1 rings (SSSR count). The van der Waals surface area contributed by atoms with Crippen molar-refractivity contribution < 1.29 is 9.59 Å². The largest absolute Gasteiger partial charge is 0.356 e. The average Bonchev–Trinajstić information content (AvgIpc) is 2.44. The number of nitrogens with zero attached hydrogens (tertiary/aromatic N) is 1. The summed E-state index contributed by atoms with van der Waals surface area (Å²) in [6.07, 6.45) is 1.16. The summed E-state index contributed by atoms with van der Waals surface area (Å²) in [5.41, 5.74) is 1.24. The second-order valence-electron chi connectivity index (χ2n) is 5.11. The highest BCUT2D eigenvalue weighted by Crippen LogP contribution is 2.17. The van der Waals surface area contributed by atoms with Crippen LogP contribution in [-0.4, -0.2) is 29.9 Å². The van der Waals surface area contributed by atoms with Gasteiger partial charge in [0.2, 0.25) is 5.91 Å². The Bertz CT molecular complexity index is 504. The monoisotopic (exact) mass is 311 g/mol. The zero-order chi connectivity index (χ0) is 15.8. The van der Waals surface area contributed by atoms with Crippen molar-refractivity contribution in [2.75, 3.05) is 13.1 Å². The van der Waals surface area contributed by atoms with Crippen molar-refractivity contribution in [1.82, 2.24) is 15.6 Å². The minimum atomic E-state index is -0.246. The summed E-state index contributed by atoms with van der Waals surface area (Å²) in [5.74, 6) is -0.118. The molecule has 1 aromatic heterocycles.